The third kappa shape index (κ3) is 3.11. The Kier molecular flexibility index (Phi) is 4.64. The lowest BCUT2D eigenvalue weighted by atomic mass is 10.2. The van der Waals surface area contributed by atoms with Crippen LogP contribution < -0.4 is 16.6 Å². The summed E-state index contributed by atoms with van der Waals surface area (Å²) in [5.74, 6) is 6.04. The van der Waals surface area contributed by atoms with Crippen LogP contribution >= 0.6 is 15.9 Å². The van der Waals surface area contributed by atoms with Crippen LogP contribution in [0.2, 0.25) is 0 Å². The monoisotopic (exact) mass is 339 g/mol. The van der Waals surface area contributed by atoms with Crippen molar-refractivity contribution in [2.75, 3.05) is 5.43 Å². The zero-order chi connectivity index (χ0) is 14.5. The minimum atomic E-state index is -0.294. The molecule has 0 fully saturated rings. The van der Waals surface area contributed by atoms with Crippen LogP contribution in [0.25, 0.3) is 0 Å². The summed E-state index contributed by atoms with van der Waals surface area (Å²) in [5.41, 5.74) is 2.74. The maximum atomic E-state index is 12.1. The Morgan fingerprint density at radius 1 is 1.55 bits per heavy atom. The molecule has 2 rings (SSSR count). The lowest BCUT2D eigenvalue weighted by Gasteiger charge is -2.09. The van der Waals surface area contributed by atoms with Crippen LogP contribution in [0.1, 0.15) is 23.1 Å². The van der Waals surface area contributed by atoms with E-state index in [1.54, 1.807) is 18.6 Å². The minimum absolute atomic E-state index is 0.281. The average molecular weight is 340 g/mol. The highest BCUT2D eigenvalue weighted by Gasteiger charge is 2.13. The van der Waals surface area contributed by atoms with E-state index in [0.717, 1.165) is 6.54 Å². The summed E-state index contributed by atoms with van der Waals surface area (Å²) in [6.07, 6.45) is 3.18. The van der Waals surface area contributed by atoms with Crippen LogP contribution in [0.5, 0.6) is 0 Å². The molecule has 106 valence electrons. The summed E-state index contributed by atoms with van der Waals surface area (Å²) >= 11 is 3.27. The van der Waals surface area contributed by atoms with Gasteiger partial charge in [0.05, 0.1) is 12.1 Å². The number of anilines is 1. The Morgan fingerprint density at radius 3 is 3.05 bits per heavy atom. The first-order chi connectivity index (χ1) is 9.65. The van der Waals surface area contributed by atoms with E-state index in [1.165, 1.54) is 0 Å². The van der Waals surface area contributed by atoms with Gasteiger partial charge in [0, 0.05) is 17.2 Å². The number of aromatic nitrogens is 4. The van der Waals surface area contributed by atoms with E-state index in [9.17, 15) is 4.79 Å². The lowest BCUT2D eigenvalue weighted by molar-refractivity contribution is 0.0950. The number of hydrogen-bond acceptors (Lipinski definition) is 6. The molecule has 0 aliphatic rings. The molecule has 0 aliphatic carbocycles. The predicted octanol–water partition coefficient (Wildman–Crippen LogP) is 0.671. The van der Waals surface area contributed by atoms with Gasteiger partial charge in [-0.3, -0.25) is 4.79 Å². The minimum Gasteiger partial charge on any atom is -0.345 e. The van der Waals surface area contributed by atoms with Crippen molar-refractivity contribution in [3.8, 4) is 0 Å². The second-order valence-corrected chi connectivity index (χ2v) is 4.83. The molecule has 0 atom stereocenters. The number of hydrazine groups is 1. The van der Waals surface area contributed by atoms with Crippen LogP contribution in [-0.4, -0.2) is 25.7 Å². The fourth-order valence-corrected chi connectivity index (χ4v) is 1.99. The number of nitrogens with one attached hydrogen (secondary N) is 2. The van der Waals surface area contributed by atoms with Gasteiger partial charge in [-0.05, 0) is 28.9 Å². The molecular weight excluding hydrogens is 326 g/mol. The molecule has 0 radical (unpaired) electrons. The third-order valence-corrected chi connectivity index (χ3v) is 3.11. The van der Waals surface area contributed by atoms with Gasteiger partial charge in [0.15, 0.2) is 11.6 Å². The quantitative estimate of drug-likeness (QED) is 0.545. The number of aryl methyl sites for hydroxylation is 1. The first-order valence-electron chi connectivity index (χ1n) is 5.92. The van der Waals surface area contributed by atoms with Crippen molar-refractivity contribution in [2.24, 2.45) is 5.84 Å². The maximum Gasteiger partial charge on any atom is 0.255 e. The van der Waals surface area contributed by atoms with Gasteiger partial charge < -0.3 is 15.3 Å². The molecule has 0 unspecified atom stereocenters. The van der Waals surface area contributed by atoms with Gasteiger partial charge >= 0.3 is 0 Å². The van der Waals surface area contributed by atoms with E-state index in [2.05, 4.69) is 41.9 Å². The number of nitrogens with zero attached hydrogens (tertiary/aromatic N) is 4. The topological polar surface area (TPSA) is 111 Å². The van der Waals surface area contributed by atoms with Crippen LogP contribution in [0.4, 0.5) is 5.82 Å². The van der Waals surface area contributed by atoms with E-state index in [0.29, 0.717) is 21.7 Å². The first-order valence-corrected chi connectivity index (χ1v) is 6.72. The summed E-state index contributed by atoms with van der Waals surface area (Å²) in [6, 6.07) is 1.64. The van der Waals surface area contributed by atoms with E-state index in [4.69, 9.17) is 5.84 Å². The molecule has 20 heavy (non-hydrogen) atoms. The molecule has 0 aromatic carbocycles. The Morgan fingerprint density at radius 2 is 2.35 bits per heavy atom. The van der Waals surface area contributed by atoms with Crippen LogP contribution in [0.15, 0.2) is 23.1 Å². The molecule has 1 amide bonds. The number of pyridine rings is 1. The zero-order valence-electron chi connectivity index (χ0n) is 10.8. The van der Waals surface area contributed by atoms with Gasteiger partial charge in [0.2, 0.25) is 0 Å². The Labute approximate surface area is 123 Å². The number of halogens is 1. The van der Waals surface area contributed by atoms with Gasteiger partial charge in [0.25, 0.3) is 5.91 Å². The van der Waals surface area contributed by atoms with Crippen LogP contribution in [0.3, 0.4) is 0 Å². The number of carbonyl (C=O) groups excluding carboxylic acids is 1. The van der Waals surface area contributed by atoms with Crippen molar-refractivity contribution in [3.63, 3.8) is 0 Å². The molecule has 2 aromatic rings. The number of carbonyl (C=O) groups is 1. The molecule has 2 aromatic heterocycles. The fraction of sp³-hybridized carbons (Fsp3) is 0.273. The normalized spacial score (nSPS) is 10.3. The summed E-state index contributed by atoms with van der Waals surface area (Å²) in [4.78, 5) is 16.2. The number of nitrogens with two attached hydrogens (primary N) is 1. The molecule has 0 aliphatic heterocycles. The molecule has 2 heterocycles. The van der Waals surface area contributed by atoms with E-state index in [1.807, 2.05) is 11.5 Å². The van der Waals surface area contributed by atoms with Gasteiger partial charge in [-0.25, -0.2) is 10.8 Å². The van der Waals surface area contributed by atoms with Gasteiger partial charge in [-0.15, -0.1) is 10.2 Å². The van der Waals surface area contributed by atoms with E-state index >= 15 is 0 Å². The summed E-state index contributed by atoms with van der Waals surface area (Å²) in [7, 11) is 0. The number of amides is 1. The van der Waals surface area contributed by atoms with Crippen molar-refractivity contribution in [3.05, 3.63) is 34.5 Å². The van der Waals surface area contributed by atoms with E-state index in [-0.39, 0.29) is 12.5 Å². The zero-order valence-corrected chi connectivity index (χ0v) is 12.4. The van der Waals surface area contributed by atoms with Gasteiger partial charge in [0.1, 0.15) is 6.33 Å². The van der Waals surface area contributed by atoms with Crippen LogP contribution in [0, 0.1) is 0 Å². The number of nitrogen functional groups attached to an aromatic ring is 1. The summed E-state index contributed by atoms with van der Waals surface area (Å²) in [6.45, 7) is 3.00. The van der Waals surface area contributed by atoms with Crippen molar-refractivity contribution in [1.29, 1.82) is 0 Å². The Balaban J connectivity index is 2.11. The highest BCUT2D eigenvalue weighted by molar-refractivity contribution is 9.10. The highest BCUT2D eigenvalue weighted by atomic mass is 79.9. The molecule has 0 bridgehead atoms. The third-order valence-electron chi connectivity index (χ3n) is 2.68. The van der Waals surface area contributed by atoms with Crippen molar-refractivity contribution >= 4 is 27.7 Å². The van der Waals surface area contributed by atoms with Crippen molar-refractivity contribution < 1.29 is 4.79 Å². The molecule has 9 heteroatoms. The Bertz CT molecular complexity index is 613. The standard InChI is InChI=1S/C11H14BrN7O/c1-2-19-6-16-18-9(19)5-15-11(20)8-3-7(12)4-14-10(8)17-13/h3-4,6H,2,5,13H2,1H3,(H,14,17)(H,15,20). The molecule has 8 nitrogen and oxygen atoms in total. The SMILES string of the molecule is CCn1cnnc1CNC(=O)c1cc(Br)cnc1NN. The Hall–Kier alpha value is -2.00. The molecule has 0 spiro atoms. The van der Waals surface area contributed by atoms with Gasteiger partial charge in [-0.1, -0.05) is 0 Å². The average Bonchev–Trinajstić information content (AvgIpc) is 2.92. The predicted molar refractivity (Wildman–Crippen MR) is 76.6 cm³/mol. The molecule has 0 saturated heterocycles. The largest absolute Gasteiger partial charge is 0.345 e. The number of hydrogen-bond donors (Lipinski definition) is 3. The molecule has 4 N–H and O–H groups in total. The summed E-state index contributed by atoms with van der Waals surface area (Å²) < 4.78 is 2.54. The van der Waals surface area contributed by atoms with Crippen molar-refractivity contribution in [2.45, 2.75) is 20.0 Å². The second-order valence-electron chi connectivity index (χ2n) is 3.91. The number of rotatable bonds is 5. The second kappa shape index (κ2) is 6.44. The molecule has 0 saturated carbocycles. The van der Waals surface area contributed by atoms with Gasteiger partial charge in [-0.2, -0.15) is 0 Å². The lowest BCUT2D eigenvalue weighted by Crippen LogP contribution is -2.26. The van der Waals surface area contributed by atoms with E-state index < -0.39 is 0 Å². The first kappa shape index (κ1) is 14.4. The molecular formula is C11H14BrN7O. The highest BCUT2D eigenvalue weighted by Crippen LogP contribution is 2.17. The van der Waals surface area contributed by atoms with Crippen LogP contribution in [-0.2, 0) is 13.1 Å². The maximum absolute atomic E-state index is 12.1. The summed E-state index contributed by atoms with van der Waals surface area (Å²) in [5, 5.41) is 10.5. The fourth-order valence-electron chi connectivity index (χ4n) is 1.66. The smallest absolute Gasteiger partial charge is 0.255 e. The van der Waals surface area contributed by atoms with Crippen molar-refractivity contribution in [1.82, 2.24) is 25.1 Å².